The Labute approximate surface area is 123 Å². The maximum absolute atomic E-state index is 13.2. The van der Waals surface area contributed by atoms with Gasteiger partial charge in [-0.1, -0.05) is 0 Å². The fraction of sp³-hybridized carbons (Fsp3) is 0.188. The first-order valence-electron chi connectivity index (χ1n) is 6.53. The maximum atomic E-state index is 13.2. The largest absolute Gasteiger partial charge is 0.397 e. The molecule has 0 bridgehead atoms. The number of benzene rings is 2. The van der Waals surface area contributed by atoms with Gasteiger partial charge in [0, 0.05) is 25.3 Å². The molecule has 0 fully saturated rings. The smallest absolute Gasteiger partial charge is 0.253 e. The number of carbonyl (C=O) groups excluding carboxylic acids is 1. The van der Waals surface area contributed by atoms with Crippen LogP contribution < -0.4 is 11.1 Å². The van der Waals surface area contributed by atoms with Crippen LogP contribution in [0.25, 0.3) is 0 Å². The number of nitrogens with one attached hydrogen (secondary N) is 1. The topological polar surface area (TPSA) is 58.4 Å². The molecule has 0 spiro atoms. The van der Waals surface area contributed by atoms with Gasteiger partial charge in [0.25, 0.3) is 5.91 Å². The summed E-state index contributed by atoms with van der Waals surface area (Å²) in [5, 5.41) is 3.12. The van der Waals surface area contributed by atoms with Gasteiger partial charge in [0.1, 0.15) is 5.82 Å². The van der Waals surface area contributed by atoms with Crippen molar-refractivity contribution in [1.82, 2.24) is 4.90 Å². The van der Waals surface area contributed by atoms with E-state index in [4.69, 9.17) is 5.73 Å². The highest BCUT2D eigenvalue weighted by Gasteiger charge is 2.10. The minimum Gasteiger partial charge on any atom is -0.397 e. The molecule has 21 heavy (non-hydrogen) atoms. The molecule has 0 atom stereocenters. The molecule has 2 aromatic carbocycles. The van der Waals surface area contributed by atoms with Crippen LogP contribution in [0, 0.1) is 12.7 Å². The van der Waals surface area contributed by atoms with Gasteiger partial charge >= 0.3 is 0 Å². The second kappa shape index (κ2) is 5.83. The summed E-state index contributed by atoms with van der Waals surface area (Å²) < 4.78 is 13.2. The van der Waals surface area contributed by atoms with E-state index in [1.807, 2.05) is 0 Å². The van der Waals surface area contributed by atoms with E-state index in [2.05, 4.69) is 5.32 Å². The SMILES string of the molecule is Cc1cc(Nc2ccc(C(=O)N(C)C)cc2N)ccc1F. The third-order valence-corrected chi connectivity index (χ3v) is 3.14. The monoisotopic (exact) mass is 287 g/mol. The van der Waals surface area contributed by atoms with Gasteiger partial charge in [0.2, 0.25) is 0 Å². The van der Waals surface area contributed by atoms with Crippen LogP contribution >= 0.6 is 0 Å². The number of aryl methyl sites for hydroxylation is 1. The predicted octanol–water partition coefficient (Wildman–Crippen LogP) is 3.16. The summed E-state index contributed by atoms with van der Waals surface area (Å²) >= 11 is 0. The number of anilines is 3. The summed E-state index contributed by atoms with van der Waals surface area (Å²) in [6, 6.07) is 9.81. The molecule has 0 aliphatic heterocycles. The standard InChI is InChI=1S/C16H18FN3O/c1-10-8-12(5-6-13(10)17)19-15-7-4-11(9-14(15)18)16(21)20(2)3/h4-9,19H,18H2,1-3H3. The highest BCUT2D eigenvalue weighted by atomic mass is 19.1. The van der Waals surface area contributed by atoms with Crippen LogP contribution in [0.3, 0.4) is 0 Å². The molecule has 0 saturated heterocycles. The third-order valence-electron chi connectivity index (χ3n) is 3.14. The van der Waals surface area contributed by atoms with Crippen LogP contribution in [0.5, 0.6) is 0 Å². The van der Waals surface area contributed by atoms with Crippen LogP contribution in [-0.4, -0.2) is 24.9 Å². The van der Waals surface area contributed by atoms with E-state index < -0.39 is 0 Å². The molecule has 5 heteroatoms. The molecular formula is C16H18FN3O. The lowest BCUT2D eigenvalue weighted by molar-refractivity contribution is 0.0827. The number of nitrogens with two attached hydrogens (primary N) is 1. The number of halogens is 1. The molecular weight excluding hydrogens is 269 g/mol. The van der Waals surface area contributed by atoms with Crippen LogP contribution in [-0.2, 0) is 0 Å². The van der Waals surface area contributed by atoms with E-state index >= 15 is 0 Å². The van der Waals surface area contributed by atoms with Crippen molar-refractivity contribution in [2.75, 3.05) is 25.1 Å². The van der Waals surface area contributed by atoms with E-state index in [1.54, 1.807) is 51.4 Å². The van der Waals surface area contributed by atoms with Crippen LogP contribution in [0.4, 0.5) is 21.5 Å². The van der Waals surface area contributed by atoms with Gasteiger partial charge in [-0.25, -0.2) is 4.39 Å². The number of nitrogens with zero attached hydrogens (tertiary/aromatic N) is 1. The molecule has 3 N–H and O–H groups in total. The van der Waals surface area contributed by atoms with Crippen molar-refractivity contribution in [2.24, 2.45) is 0 Å². The highest BCUT2D eigenvalue weighted by Crippen LogP contribution is 2.25. The number of rotatable bonds is 3. The Balaban J connectivity index is 2.25. The normalized spacial score (nSPS) is 10.3. The summed E-state index contributed by atoms with van der Waals surface area (Å²) in [4.78, 5) is 13.3. The second-order valence-electron chi connectivity index (χ2n) is 5.09. The van der Waals surface area contributed by atoms with Crippen molar-refractivity contribution in [1.29, 1.82) is 0 Å². The Morgan fingerprint density at radius 1 is 1.19 bits per heavy atom. The lowest BCUT2D eigenvalue weighted by Gasteiger charge is -2.14. The zero-order chi connectivity index (χ0) is 15.6. The first kappa shape index (κ1) is 14.8. The molecule has 0 aromatic heterocycles. The van der Waals surface area contributed by atoms with Gasteiger partial charge in [-0.05, 0) is 48.9 Å². The van der Waals surface area contributed by atoms with E-state index in [-0.39, 0.29) is 11.7 Å². The van der Waals surface area contributed by atoms with Gasteiger partial charge in [0.05, 0.1) is 11.4 Å². The molecule has 0 radical (unpaired) electrons. The maximum Gasteiger partial charge on any atom is 0.253 e. The fourth-order valence-corrected chi connectivity index (χ4v) is 1.95. The third kappa shape index (κ3) is 3.31. The summed E-state index contributed by atoms with van der Waals surface area (Å²) in [6.07, 6.45) is 0. The number of hydrogen-bond acceptors (Lipinski definition) is 3. The summed E-state index contributed by atoms with van der Waals surface area (Å²) in [7, 11) is 3.37. The number of hydrogen-bond donors (Lipinski definition) is 2. The van der Waals surface area contributed by atoms with E-state index in [1.165, 1.54) is 11.0 Å². The Bertz CT molecular complexity index is 683. The van der Waals surface area contributed by atoms with Crippen molar-refractivity contribution in [3.8, 4) is 0 Å². The predicted molar refractivity (Wildman–Crippen MR) is 83.3 cm³/mol. The van der Waals surface area contributed by atoms with E-state index in [0.29, 0.717) is 22.5 Å². The molecule has 110 valence electrons. The van der Waals surface area contributed by atoms with Crippen LogP contribution in [0.2, 0.25) is 0 Å². The number of nitrogen functional groups attached to an aromatic ring is 1. The van der Waals surface area contributed by atoms with Gasteiger partial charge in [0.15, 0.2) is 0 Å². The van der Waals surface area contributed by atoms with Crippen molar-refractivity contribution in [3.05, 3.63) is 53.3 Å². The van der Waals surface area contributed by atoms with Crippen molar-refractivity contribution < 1.29 is 9.18 Å². The number of amides is 1. The van der Waals surface area contributed by atoms with Gasteiger partial charge in [-0.15, -0.1) is 0 Å². The van der Waals surface area contributed by atoms with Gasteiger partial charge in [-0.3, -0.25) is 4.79 Å². The molecule has 0 heterocycles. The first-order valence-corrected chi connectivity index (χ1v) is 6.53. The average Bonchev–Trinajstić information content (AvgIpc) is 2.44. The van der Waals surface area contributed by atoms with Crippen LogP contribution in [0.15, 0.2) is 36.4 Å². The van der Waals surface area contributed by atoms with Gasteiger partial charge < -0.3 is 16.0 Å². The molecule has 0 aliphatic carbocycles. The highest BCUT2D eigenvalue weighted by molar-refractivity contribution is 5.96. The molecule has 0 unspecified atom stereocenters. The van der Waals surface area contributed by atoms with Crippen molar-refractivity contribution in [2.45, 2.75) is 6.92 Å². The quantitative estimate of drug-likeness (QED) is 0.853. The molecule has 0 aliphatic rings. The Hall–Kier alpha value is -2.56. The zero-order valence-corrected chi connectivity index (χ0v) is 12.3. The first-order chi connectivity index (χ1) is 9.88. The second-order valence-corrected chi connectivity index (χ2v) is 5.09. The summed E-state index contributed by atoms with van der Waals surface area (Å²) in [5.74, 6) is -0.355. The summed E-state index contributed by atoms with van der Waals surface area (Å²) in [5.41, 5.74) is 8.93. The molecule has 1 amide bonds. The zero-order valence-electron chi connectivity index (χ0n) is 12.3. The van der Waals surface area contributed by atoms with Gasteiger partial charge in [-0.2, -0.15) is 0 Å². The lowest BCUT2D eigenvalue weighted by atomic mass is 10.1. The minimum absolute atomic E-state index is 0.106. The molecule has 4 nitrogen and oxygen atoms in total. The molecule has 2 rings (SSSR count). The molecule has 0 saturated carbocycles. The van der Waals surface area contributed by atoms with E-state index in [9.17, 15) is 9.18 Å². The molecule has 2 aromatic rings. The van der Waals surface area contributed by atoms with E-state index in [0.717, 1.165) is 5.69 Å². The Morgan fingerprint density at radius 2 is 1.90 bits per heavy atom. The average molecular weight is 287 g/mol. The minimum atomic E-state index is -0.250. The Kier molecular flexibility index (Phi) is 4.12. The lowest BCUT2D eigenvalue weighted by Crippen LogP contribution is -2.21. The van der Waals surface area contributed by atoms with Crippen LogP contribution in [0.1, 0.15) is 15.9 Å². The van der Waals surface area contributed by atoms with Crippen molar-refractivity contribution >= 4 is 23.0 Å². The Morgan fingerprint density at radius 3 is 2.48 bits per heavy atom. The van der Waals surface area contributed by atoms with Crippen molar-refractivity contribution in [3.63, 3.8) is 0 Å². The number of carbonyl (C=O) groups is 1. The summed E-state index contributed by atoms with van der Waals surface area (Å²) in [6.45, 7) is 1.70. The fourth-order valence-electron chi connectivity index (χ4n) is 1.95.